The number of amides is 1. The van der Waals surface area contributed by atoms with Crippen molar-refractivity contribution in [3.8, 4) is 11.5 Å². The minimum atomic E-state index is -3.65. The molecule has 1 aliphatic heterocycles. The van der Waals surface area contributed by atoms with Crippen LogP contribution in [0.3, 0.4) is 0 Å². The van der Waals surface area contributed by atoms with Gasteiger partial charge in [0.2, 0.25) is 10.0 Å². The summed E-state index contributed by atoms with van der Waals surface area (Å²) in [5.74, 6) is 0.800. The van der Waals surface area contributed by atoms with E-state index >= 15 is 0 Å². The van der Waals surface area contributed by atoms with Gasteiger partial charge >= 0.3 is 6.09 Å². The van der Waals surface area contributed by atoms with Gasteiger partial charge < -0.3 is 19.1 Å². The molecule has 0 spiro atoms. The van der Waals surface area contributed by atoms with Crippen LogP contribution in [0.2, 0.25) is 0 Å². The fourth-order valence-electron chi connectivity index (χ4n) is 2.17. The van der Waals surface area contributed by atoms with Crippen LogP contribution in [0.15, 0.2) is 23.1 Å². The highest BCUT2D eigenvalue weighted by Gasteiger charge is 2.21. The number of rotatable bonds is 8. The SMILES string of the molecule is COc1ccc(S(=O)(=O)NCCCN2CCOC2=O)cc1OC. The van der Waals surface area contributed by atoms with Gasteiger partial charge in [-0.25, -0.2) is 17.9 Å². The summed E-state index contributed by atoms with van der Waals surface area (Å²) in [4.78, 5) is 12.9. The molecule has 0 aliphatic carbocycles. The zero-order valence-corrected chi connectivity index (χ0v) is 13.9. The zero-order chi connectivity index (χ0) is 16.9. The third-order valence-corrected chi connectivity index (χ3v) is 4.87. The van der Waals surface area contributed by atoms with Crippen LogP contribution in [0.5, 0.6) is 11.5 Å². The molecular weight excluding hydrogens is 324 g/mol. The van der Waals surface area contributed by atoms with E-state index in [4.69, 9.17) is 14.2 Å². The van der Waals surface area contributed by atoms with Crippen LogP contribution in [0.4, 0.5) is 4.79 Å². The number of benzene rings is 1. The fourth-order valence-corrected chi connectivity index (χ4v) is 3.26. The molecule has 23 heavy (non-hydrogen) atoms. The van der Waals surface area contributed by atoms with E-state index in [0.717, 1.165) is 0 Å². The number of ether oxygens (including phenoxy) is 3. The maximum absolute atomic E-state index is 12.2. The molecule has 1 aromatic rings. The summed E-state index contributed by atoms with van der Waals surface area (Å²) < 4.78 is 42.0. The first kappa shape index (κ1) is 17.4. The summed E-state index contributed by atoms with van der Waals surface area (Å²) in [6.45, 7) is 1.60. The second kappa shape index (κ2) is 7.51. The van der Waals surface area contributed by atoms with Crippen molar-refractivity contribution in [3.63, 3.8) is 0 Å². The summed E-state index contributed by atoms with van der Waals surface area (Å²) in [5.41, 5.74) is 0. The summed E-state index contributed by atoms with van der Waals surface area (Å²) >= 11 is 0. The molecule has 9 heteroatoms. The lowest BCUT2D eigenvalue weighted by atomic mass is 10.3. The molecule has 1 heterocycles. The largest absolute Gasteiger partial charge is 0.493 e. The van der Waals surface area contributed by atoms with Gasteiger partial charge in [0.15, 0.2) is 11.5 Å². The minimum absolute atomic E-state index is 0.0933. The number of cyclic esters (lactones) is 1. The highest BCUT2D eigenvalue weighted by Crippen LogP contribution is 2.29. The van der Waals surface area contributed by atoms with Gasteiger partial charge in [-0.05, 0) is 18.6 Å². The number of carbonyl (C=O) groups excluding carboxylic acids is 1. The van der Waals surface area contributed by atoms with Crippen molar-refractivity contribution in [2.24, 2.45) is 0 Å². The first-order valence-corrected chi connectivity index (χ1v) is 8.59. The lowest BCUT2D eigenvalue weighted by Crippen LogP contribution is -2.30. The molecule has 0 saturated carbocycles. The zero-order valence-electron chi connectivity index (χ0n) is 13.1. The number of hydrogen-bond acceptors (Lipinski definition) is 6. The Kier molecular flexibility index (Phi) is 5.67. The first-order valence-electron chi connectivity index (χ1n) is 7.11. The Morgan fingerprint density at radius 1 is 1.26 bits per heavy atom. The smallest absolute Gasteiger partial charge is 0.409 e. The molecule has 0 aromatic heterocycles. The van der Waals surface area contributed by atoms with Gasteiger partial charge in [-0.3, -0.25) is 0 Å². The fraction of sp³-hybridized carbons (Fsp3) is 0.500. The van der Waals surface area contributed by atoms with E-state index in [2.05, 4.69) is 4.72 Å². The Morgan fingerprint density at radius 3 is 2.61 bits per heavy atom. The normalized spacial score (nSPS) is 14.7. The number of carbonyl (C=O) groups is 1. The van der Waals surface area contributed by atoms with E-state index in [9.17, 15) is 13.2 Å². The van der Waals surface area contributed by atoms with Crippen LogP contribution < -0.4 is 14.2 Å². The van der Waals surface area contributed by atoms with E-state index in [1.54, 1.807) is 4.90 Å². The van der Waals surface area contributed by atoms with E-state index in [0.29, 0.717) is 37.6 Å². The highest BCUT2D eigenvalue weighted by molar-refractivity contribution is 7.89. The van der Waals surface area contributed by atoms with Gasteiger partial charge in [-0.1, -0.05) is 0 Å². The van der Waals surface area contributed by atoms with Gasteiger partial charge in [0.1, 0.15) is 6.61 Å². The average Bonchev–Trinajstić information content (AvgIpc) is 2.96. The number of nitrogens with zero attached hydrogens (tertiary/aromatic N) is 1. The number of hydrogen-bond donors (Lipinski definition) is 1. The first-order chi connectivity index (χ1) is 11.0. The molecule has 1 saturated heterocycles. The Hall–Kier alpha value is -2.00. The molecule has 0 radical (unpaired) electrons. The molecule has 1 N–H and O–H groups in total. The molecule has 2 rings (SSSR count). The van der Waals surface area contributed by atoms with Gasteiger partial charge in [-0.2, -0.15) is 0 Å². The van der Waals surface area contributed by atoms with E-state index in [-0.39, 0.29) is 17.5 Å². The van der Waals surface area contributed by atoms with Crippen LogP contribution in [0.1, 0.15) is 6.42 Å². The van der Waals surface area contributed by atoms with Crippen molar-refractivity contribution in [2.45, 2.75) is 11.3 Å². The van der Waals surface area contributed by atoms with Crippen LogP contribution in [-0.2, 0) is 14.8 Å². The summed E-state index contributed by atoms with van der Waals surface area (Å²) in [6, 6.07) is 4.38. The predicted octanol–water partition coefficient (Wildman–Crippen LogP) is 0.824. The van der Waals surface area contributed by atoms with Gasteiger partial charge in [0.25, 0.3) is 0 Å². The Bertz CT molecular complexity index is 661. The summed E-state index contributed by atoms with van der Waals surface area (Å²) in [5, 5.41) is 0. The molecule has 8 nitrogen and oxygen atoms in total. The van der Waals surface area contributed by atoms with Crippen LogP contribution in [0, 0.1) is 0 Å². The van der Waals surface area contributed by atoms with Crippen molar-refractivity contribution >= 4 is 16.1 Å². The quantitative estimate of drug-likeness (QED) is 0.702. The summed E-state index contributed by atoms with van der Waals surface area (Å²) in [7, 11) is -0.726. The Balaban J connectivity index is 1.92. The third kappa shape index (κ3) is 4.26. The average molecular weight is 344 g/mol. The lowest BCUT2D eigenvalue weighted by Gasteiger charge is -2.13. The molecule has 1 aliphatic rings. The van der Waals surface area contributed by atoms with E-state index in [1.807, 2.05) is 0 Å². The second-order valence-electron chi connectivity index (χ2n) is 4.87. The number of nitrogens with one attached hydrogen (secondary N) is 1. The van der Waals surface area contributed by atoms with Crippen LogP contribution >= 0.6 is 0 Å². The summed E-state index contributed by atoms with van der Waals surface area (Å²) in [6.07, 6.45) is 0.148. The Morgan fingerprint density at radius 2 is 2.00 bits per heavy atom. The maximum Gasteiger partial charge on any atom is 0.409 e. The van der Waals surface area contributed by atoms with Crippen LogP contribution in [-0.4, -0.2) is 59.9 Å². The van der Waals surface area contributed by atoms with Crippen molar-refractivity contribution in [1.29, 1.82) is 0 Å². The van der Waals surface area contributed by atoms with Crippen molar-refractivity contribution < 1.29 is 27.4 Å². The van der Waals surface area contributed by atoms with Gasteiger partial charge in [-0.15, -0.1) is 0 Å². The highest BCUT2D eigenvalue weighted by atomic mass is 32.2. The van der Waals surface area contributed by atoms with Crippen LogP contribution in [0.25, 0.3) is 0 Å². The molecule has 1 fully saturated rings. The molecule has 0 atom stereocenters. The minimum Gasteiger partial charge on any atom is -0.493 e. The monoisotopic (exact) mass is 344 g/mol. The third-order valence-electron chi connectivity index (χ3n) is 3.41. The molecular formula is C14H20N2O6S. The van der Waals surface area contributed by atoms with Gasteiger partial charge in [0.05, 0.1) is 25.7 Å². The lowest BCUT2D eigenvalue weighted by molar-refractivity contribution is 0.158. The van der Waals surface area contributed by atoms with Crippen molar-refractivity contribution in [3.05, 3.63) is 18.2 Å². The van der Waals surface area contributed by atoms with E-state index in [1.165, 1.54) is 32.4 Å². The van der Waals surface area contributed by atoms with Crippen molar-refractivity contribution in [1.82, 2.24) is 9.62 Å². The van der Waals surface area contributed by atoms with Gasteiger partial charge in [0, 0.05) is 19.2 Å². The molecule has 0 unspecified atom stereocenters. The topological polar surface area (TPSA) is 94.2 Å². The number of methoxy groups -OCH3 is 2. The Labute approximate surface area is 135 Å². The van der Waals surface area contributed by atoms with Crippen molar-refractivity contribution in [2.75, 3.05) is 40.5 Å². The molecule has 1 aromatic carbocycles. The number of sulfonamides is 1. The molecule has 1 amide bonds. The molecule has 128 valence electrons. The standard InChI is InChI=1S/C14H20N2O6S/c1-20-12-5-4-11(10-13(12)21-2)23(18,19)15-6-3-7-16-8-9-22-14(16)17/h4-5,10,15H,3,6-9H2,1-2H3. The maximum atomic E-state index is 12.2. The van der Waals surface area contributed by atoms with E-state index < -0.39 is 10.0 Å². The molecule has 0 bridgehead atoms. The second-order valence-corrected chi connectivity index (χ2v) is 6.64. The predicted molar refractivity (Wildman–Crippen MR) is 82.3 cm³/mol.